The number of nitriles is 1. The Morgan fingerprint density at radius 2 is 1.88 bits per heavy atom. The second-order valence-electron chi connectivity index (χ2n) is 5.79. The molecular formula is C21H17BrN2O2. The van der Waals surface area contributed by atoms with Crippen molar-refractivity contribution in [3.63, 3.8) is 0 Å². The van der Waals surface area contributed by atoms with E-state index in [1.807, 2.05) is 62.4 Å². The number of aliphatic imine (C=N–C) groups is 1. The molecule has 2 aromatic carbocycles. The van der Waals surface area contributed by atoms with Crippen molar-refractivity contribution in [2.24, 2.45) is 4.99 Å². The molecule has 1 aromatic heterocycles. The highest BCUT2D eigenvalue weighted by Crippen LogP contribution is 2.28. The molecule has 0 spiro atoms. The molecule has 3 rings (SSSR count). The van der Waals surface area contributed by atoms with Crippen molar-refractivity contribution < 1.29 is 9.15 Å². The summed E-state index contributed by atoms with van der Waals surface area (Å²) in [5.41, 5.74) is 3.18. The standard InChI is InChI=1S/C21H17BrN2O2/c1-14-15(2)26-21(19(14)11-23)24-12-17-5-3-4-6-20(17)25-13-16-7-9-18(22)10-8-16/h3-10,12H,13H2,1-2H3. The van der Waals surface area contributed by atoms with Gasteiger partial charge in [0.15, 0.2) is 0 Å². The van der Waals surface area contributed by atoms with Crippen LogP contribution in [0.25, 0.3) is 0 Å². The minimum Gasteiger partial charge on any atom is -0.488 e. The van der Waals surface area contributed by atoms with Crippen molar-refractivity contribution in [2.45, 2.75) is 20.5 Å². The maximum absolute atomic E-state index is 9.28. The quantitative estimate of drug-likeness (QED) is 0.496. The Balaban J connectivity index is 1.80. The first kappa shape index (κ1) is 18.0. The van der Waals surface area contributed by atoms with E-state index in [2.05, 4.69) is 27.0 Å². The number of benzene rings is 2. The number of ether oxygens (including phenoxy) is 1. The molecule has 0 radical (unpaired) electrons. The summed E-state index contributed by atoms with van der Waals surface area (Å²) in [6, 6.07) is 17.8. The van der Waals surface area contributed by atoms with Crippen molar-refractivity contribution >= 4 is 28.0 Å². The first-order valence-corrected chi connectivity index (χ1v) is 8.88. The molecule has 130 valence electrons. The first-order chi connectivity index (χ1) is 12.6. The Morgan fingerprint density at radius 1 is 1.15 bits per heavy atom. The largest absolute Gasteiger partial charge is 0.488 e. The van der Waals surface area contributed by atoms with Crippen LogP contribution in [0.3, 0.4) is 0 Å². The van der Waals surface area contributed by atoms with Gasteiger partial charge in [-0.3, -0.25) is 0 Å². The van der Waals surface area contributed by atoms with E-state index in [1.165, 1.54) is 0 Å². The second kappa shape index (κ2) is 8.03. The highest BCUT2D eigenvalue weighted by molar-refractivity contribution is 9.10. The summed E-state index contributed by atoms with van der Waals surface area (Å²) in [7, 11) is 0. The van der Waals surface area contributed by atoms with E-state index in [1.54, 1.807) is 6.21 Å². The van der Waals surface area contributed by atoms with Gasteiger partial charge in [-0.1, -0.05) is 40.2 Å². The lowest BCUT2D eigenvalue weighted by Gasteiger charge is -2.09. The van der Waals surface area contributed by atoms with Crippen LogP contribution in [0.1, 0.15) is 28.0 Å². The van der Waals surface area contributed by atoms with Crippen LogP contribution in [0, 0.1) is 25.2 Å². The fourth-order valence-corrected chi connectivity index (χ4v) is 2.68. The van der Waals surface area contributed by atoms with E-state index in [4.69, 9.17) is 9.15 Å². The van der Waals surface area contributed by atoms with E-state index >= 15 is 0 Å². The Bertz CT molecular complexity index is 982. The molecule has 0 aliphatic heterocycles. The van der Waals surface area contributed by atoms with Crippen LogP contribution in [0.5, 0.6) is 5.75 Å². The smallest absolute Gasteiger partial charge is 0.237 e. The van der Waals surface area contributed by atoms with Gasteiger partial charge in [0.05, 0.1) is 0 Å². The molecule has 1 heterocycles. The molecule has 0 unspecified atom stereocenters. The van der Waals surface area contributed by atoms with Gasteiger partial charge in [-0.2, -0.15) is 5.26 Å². The molecule has 0 N–H and O–H groups in total. The van der Waals surface area contributed by atoms with Crippen LogP contribution in [0.2, 0.25) is 0 Å². The minimum atomic E-state index is 0.324. The van der Waals surface area contributed by atoms with Crippen LogP contribution in [0.4, 0.5) is 5.88 Å². The van der Waals surface area contributed by atoms with E-state index in [9.17, 15) is 5.26 Å². The van der Waals surface area contributed by atoms with Gasteiger partial charge in [-0.15, -0.1) is 0 Å². The van der Waals surface area contributed by atoms with E-state index < -0.39 is 0 Å². The van der Waals surface area contributed by atoms with Gasteiger partial charge in [0.2, 0.25) is 5.88 Å². The summed E-state index contributed by atoms with van der Waals surface area (Å²) in [4.78, 5) is 4.36. The van der Waals surface area contributed by atoms with Gasteiger partial charge < -0.3 is 9.15 Å². The molecular weight excluding hydrogens is 392 g/mol. The van der Waals surface area contributed by atoms with Crippen molar-refractivity contribution in [1.82, 2.24) is 0 Å². The predicted octanol–water partition coefficient (Wildman–Crippen LogP) is 5.86. The fourth-order valence-electron chi connectivity index (χ4n) is 2.42. The zero-order chi connectivity index (χ0) is 18.5. The molecule has 0 saturated carbocycles. The summed E-state index contributed by atoms with van der Waals surface area (Å²) in [6.45, 7) is 4.14. The fraction of sp³-hybridized carbons (Fsp3) is 0.143. The summed E-state index contributed by atoms with van der Waals surface area (Å²) in [6.07, 6.45) is 1.66. The maximum Gasteiger partial charge on any atom is 0.237 e. The zero-order valence-corrected chi connectivity index (χ0v) is 16.1. The number of furan rings is 1. The third kappa shape index (κ3) is 4.04. The molecule has 0 atom stereocenters. The van der Waals surface area contributed by atoms with Crippen molar-refractivity contribution in [1.29, 1.82) is 5.26 Å². The lowest BCUT2D eigenvalue weighted by atomic mass is 10.2. The van der Waals surface area contributed by atoms with E-state index in [0.29, 0.717) is 23.8 Å². The minimum absolute atomic E-state index is 0.324. The molecule has 26 heavy (non-hydrogen) atoms. The highest BCUT2D eigenvalue weighted by Gasteiger charge is 2.13. The number of halogens is 1. The van der Waals surface area contributed by atoms with Gasteiger partial charge in [0, 0.05) is 21.8 Å². The van der Waals surface area contributed by atoms with E-state index in [0.717, 1.165) is 26.9 Å². The molecule has 3 aromatic rings. The Morgan fingerprint density at radius 3 is 2.62 bits per heavy atom. The monoisotopic (exact) mass is 408 g/mol. The van der Waals surface area contributed by atoms with Crippen LogP contribution in [-0.2, 0) is 6.61 Å². The van der Waals surface area contributed by atoms with Crippen LogP contribution >= 0.6 is 15.9 Å². The highest BCUT2D eigenvalue weighted by atomic mass is 79.9. The second-order valence-corrected chi connectivity index (χ2v) is 6.70. The molecule has 4 nitrogen and oxygen atoms in total. The molecule has 5 heteroatoms. The number of aryl methyl sites for hydroxylation is 1. The summed E-state index contributed by atoms with van der Waals surface area (Å²) >= 11 is 3.42. The lowest BCUT2D eigenvalue weighted by Crippen LogP contribution is -1.98. The number of para-hydroxylation sites is 1. The third-order valence-electron chi connectivity index (χ3n) is 4.03. The van der Waals surface area contributed by atoms with Crippen molar-refractivity contribution in [2.75, 3.05) is 0 Å². The third-order valence-corrected chi connectivity index (χ3v) is 4.55. The average Bonchev–Trinajstić information content (AvgIpc) is 2.93. The van der Waals surface area contributed by atoms with Crippen LogP contribution < -0.4 is 4.74 Å². The summed E-state index contributed by atoms with van der Waals surface area (Å²) in [5, 5.41) is 9.28. The summed E-state index contributed by atoms with van der Waals surface area (Å²) < 4.78 is 12.5. The SMILES string of the molecule is Cc1oc(N=Cc2ccccc2OCc2ccc(Br)cc2)c(C#N)c1C. The molecule has 0 aliphatic rings. The Labute approximate surface area is 160 Å². The van der Waals surface area contributed by atoms with Crippen molar-refractivity contribution in [3.05, 3.63) is 81.0 Å². The van der Waals surface area contributed by atoms with Crippen LogP contribution in [0.15, 0.2) is 62.4 Å². The van der Waals surface area contributed by atoms with Gasteiger partial charge in [0.25, 0.3) is 0 Å². The topological polar surface area (TPSA) is 58.5 Å². The average molecular weight is 409 g/mol. The molecule has 0 aliphatic carbocycles. The number of rotatable bonds is 5. The van der Waals surface area contributed by atoms with Gasteiger partial charge in [-0.05, 0) is 43.7 Å². The van der Waals surface area contributed by atoms with Gasteiger partial charge in [-0.25, -0.2) is 4.99 Å². The van der Waals surface area contributed by atoms with Crippen LogP contribution in [-0.4, -0.2) is 6.21 Å². The number of hydrogen-bond acceptors (Lipinski definition) is 4. The van der Waals surface area contributed by atoms with E-state index in [-0.39, 0.29) is 0 Å². The first-order valence-electron chi connectivity index (χ1n) is 8.09. The van der Waals surface area contributed by atoms with Gasteiger partial charge in [0.1, 0.15) is 29.7 Å². The summed E-state index contributed by atoms with van der Waals surface area (Å²) in [5.74, 6) is 1.75. The lowest BCUT2D eigenvalue weighted by molar-refractivity contribution is 0.306. The maximum atomic E-state index is 9.28. The zero-order valence-electron chi connectivity index (χ0n) is 14.5. The molecule has 0 amide bonds. The predicted molar refractivity (Wildman–Crippen MR) is 105 cm³/mol. The van der Waals surface area contributed by atoms with Crippen molar-refractivity contribution in [3.8, 4) is 11.8 Å². The number of hydrogen-bond donors (Lipinski definition) is 0. The number of nitrogens with zero attached hydrogens (tertiary/aromatic N) is 2. The molecule has 0 fully saturated rings. The normalized spacial score (nSPS) is 10.8. The molecule has 0 bridgehead atoms. The Hall–Kier alpha value is -2.84. The van der Waals surface area contributed by atoms with Gasteiger partial charge >= 0.3 is 0 Å². The Kier molecular flexibility index (Phi) is 5.55. The molecule has 0 saturated heterocycles.